The number of esters is 1. The molecule has 0 radical (unpaired) electrons. The molecule has 132 valence electrons. The molecule has 0 bridgehead atoms. The molecule has 7 heteroatoms. The second kappa shape index (κ2) is 7.88. The maximum atomic E-state index is 13.8. The van der Waals surface area contributed by atoms with Crippen LogP contribution in [0.2, 0.25) is 0 Å². The van der Waals surface area contributed by atoms with E-state index in [1.807, 2.05) is 0 Å². The average molecular weight is 370 g/mol. The van der Waals surface area contributed by atoms with Gasteiger partial charge in [0.15, 0.2) is 0 Å². The molecule has 0 aliphatic heterocycles. The maximum absolute atomic E-state index is 13.8. The van der Waals surface area contributed by atoms with Crippen molar-refractivity contribution in [1.29, 1.82) is 0 Å². The quantitative estimate of drug-likeness (QED) is 0.691. The Morgan fingerprint density at radius 1 is 1.15 bits per heavy atom. The van der Waals surface area contributed by atoms with Gasteiger partial charge in [0.1, 0.15) is 10.8 Å². The first kappa shape index (κ1) is 17.8. The Balaban J connectivity index is 1.64. The number of methoxy groups -OCH3 is 1. The molecule has 5 nitrogen and oxygen atoms in total. The van der Waals surface area contributed by atoms with Crippen LogP contribution in [0.4, 0.5) is 10.1 Å². The van der Waals surface area contributed by atoms with Crippen molar-refractivity contribution in [2.24, 2.45) is 0 Å². The van der Waals surface area contributed by atoms with Crippen molar-refractivity contribution >= 4 is 28.9 Å². The summed E-state index contributed by atoms with van der Waals surface area (Å²) in [6, 6.07) is 12.8. The third-order valence-electron chi connectivity index (χ3n) is 3.58. The molecule has 0 fully saturated rings. The topological polar surface area (TPSA) is 68.3 Å². The van der Waals surface area contributed by atoms with Gasteiger partial charge in [-0.1, -0.05) is 12.1 Å². The fourth-order valence-corrected chi connectivity index (χ4v) is 3.26. The Labute approximate surface area is 153 Å². The van der Waals surface area contributed by atoms with Gasteiger partial charge in [-0.15, -0.1) is 11.3 Å². The number of benzene rings is 2. The zero-order valence-electron chi connectivity index (χ0n) is 13.9. The number of carbonyl (C=O) groups excluding carboxylic acids is 2. The number of thiazole rings is 1. The van der Waals surface area contributed by atoms with Gasteiger partial charge < -0.3 is 10.1 Å². The smallest absolute Gasteiger partial charge is 0.337 e. The Hall–Kier alpha value is -3.06. The molecule has 26 heavy (non-hydrogen) atoms. The van der Waals surface area contributed by atoms with Gasteiger partial charge >= 0.3 is 5.97 Å². The van der Waals surface area contributed by atoms with Gasteiger partial charge in [0, 0.05) is 22.3 Å². The van der Waals surface area contributed by atoms with Crippen molar-refractivity contribution in [2.45, 2.75) is 6.42 Å². The van der Waals surface area contributed by atoms with Gasteiger partial charge in [0.05, 0.1) is 19.1 Å². The van der Waals surface area contributed by atoms with Gasteiger partial charge in [-0.25, -0.2) is 14.2 Å². The lowest BCUT2D eigenvalue weighted by Crippen LogP contribution is -2.13. The molecule has 0 aliphatic rings. The molecule has 0 saturated carbocycles. The number of anilines is 1. The summed E-state index contributed by atoms with van der Waals surface area (Å²) in [6.45, 7) is 0. The van der Waals surface area contributed by atoms with Crippen molar-refractivity contribution in [3.05, 3.63) is 71.0 Å². The average Bonchev–Trinajstić information content (AvgIpc) is 3.10. The van der Waals surface area contributed by atoms with Crippen LogP contribution in [0.25, 0.3) is 10.6 Å². The molecule has 0 aliphatic carbocycles. The highest BCUT2D eigenvalue weighted by Crippen LogP contribution is 2.27. The molecule has 1 heterocycles. The van der Waals surface area contributed by atoms with Crippen LogP contribution in [-0.2, 0) is 16.0 Å². The second-order valence-electron chi connectivity index (χ2n) is 5.41. The minimum absolute atomic E-state index is 0.130. The summed E-state index contributed by atoms with van der Waals surface area (Å²) in [5.74, 6) is -1.00. The number of hydrogen-bond donors (Lipinski definition) is 1. The fraction of sp³-hybridized carbons (Fsp3) is 0.105. The van der Waals surface area contributed by atoms with E-state index in [9.17, 15) is 14.0 Å². The highest BCUT2D eigenvalue weighted by atomic mass is 32.1. The van der Waals surface area contributed by atoms with Crippen molar-refractivity contribution < 1.29 is 18.7 Å². The third kappa shape index (κ3) is 4.12. The maximum Gasteiger partial charge on any atom is 0.337 e. The molecular weight excluding hydrogens is 355 g/mol. The molecule has 0 unspecified atom stereocenters. The van der Waals surface area contributed by atoms with Crippen LogP contribution in [-0.4, -0.2) is 24.0 Å². The van der Waals surface area contributed by atoms with Crippen molar-refractivity contribution in [1.82, 2.24) is 4.98 Å². The zero-order valence-corrected chi connectivity index (χ0v) is 14.7. The van der Waals surface area contributed by atoms with Crippen LogP contribution >= 0.6 is 11.3 Å². The summed E-state index contributed by atoms with van der Waals surface area (Å²) in [5, 5.41) is 3.28. The summed E-state index contributed by atoms with van der Waals surface area (Å²) in [4.78, 5) is 28.5. The lowest BCUT2D eigenvalue weighted by Gasteiger charge is -2.05. The van der Waals surface area contributed by atoms with Crippen LogP contribution in [0.5, 0.6) is 0 Å². The molecule has 0 atom stereocenters. The lowest BCUT2D eigenvalue weighted by molar-refractivity contribution is -0.115. The van der Waals surface area contributed by atoms with Gasteiger partial charge in [0.25, 0.3) is 0 Å². The SMILES string of the molecule is COC(=O)c1ccc(NC(=O)Cc2cnc(-c3ccccc3F)s2)cc1. The zero-order chi connectivity index (χ0) is 18.5. The summed E-state index contributed by atoms with van der Waals surface area (Å²) in [5.41, 5.74) is 1.39. The Kier molecular flexibility index (Phi) is 5.38. The number of nitrogens with one attached hydrogen (secondary N) is 1. The minimum atomic E-state index is -0.437. The summed E-state index contributed by atoms with van der Waals surface area (Å²) >= 11 is 1.28. The van der Waals surface area contributed by atoms with Crippen molar-refractivity contribution in [3.8, 4) is 10.6 Å². The van der Waals surface area contributed by atoms with Crippen LogP contribution in [0.15, 0.2) is 54.7 Å². The van der Waals surface area contributed by atoms with E-state index in [1.165, 1.54) is 24.5 Å². The molecule has 1 N–H and O–H groups in total. The van der Waals surface area contributed by atoms with Gasteiger partial charge in [0.2, 0.25) is 5.91 Å². The number of amides is 1. The molecule has 3 aromatic rings. The highest BCUT2D eigenvalue weighted by molar-refractivity contribution is 7.15. The number of halogens is 1. The standard InChI is InChI=1S/C19H15FN2O3S/c1-25-19(24)12-6-8-13(9-7-12)22-17(23)10-14-11-21-18(26-14)15-4-2-3-5-16(15)20/h2-9,11H,10H2,1H3,(H,22,23). The summed E-state index contributed by atoms with van der Waals surface area (Å²) in [7, 11) is 1.31. The van der Waals surface area contributed by atoms with E-state index in [0.29, 0.717) is 21.8 Å². The van der Waals surface area contributed by atoms with E-state index >= 15 is 0 Å². The first-order valence-corrected chi connectivity index (χ1v) is 8.56. The van der Waals surface area contributed by atoms with E-state index in [1.54, 1.807) is 48.7 Å². The lowest BCUT2D eigenvalue weighted by atomic mass is 10.2. The predicted molar refractivity (Wildman–Crippen MR) is 97.6 cm³/mol. The van der Waals surface area contributed by atoms with Crippen LogP contribution in [0.1, 0.15) is 15.2 Å². The number of hydrogen-bond acceptors (Lipinski definition) is 5. The predicted octanol–water partition coefficient (Wildman–Crippen LogP) is 3.92. The van der Waals surface area contributed by atoms with E-state index in [4.69, 9.17) is 0 Å². The summed E-state index contributed by atoms with van der Waals surface area (Å²) in [6.07, 6.45) is 1.71. The van der Waals surface area contributed by atoms with Gasteiger partial charge in [-0.3, -0.25) is 4.79 Å². The largest absolute Gasteiger partial charge is 0.465 e. The van der Waals surface area contributed by atoms with E-state index < -0.39 is 5.97 Å². The molecule has 2 aromatic carbocycles. The molecule has 0 spiro atoms. The number of carbonyl (C=O) groups is 2. The Bertz CT molecular complexity index is 938. The molecule has 1 amide bonds. The first-order valence-electron chi connectivity index (χ1n) is 7.74. The van der Waals surface area contributed by atoms with E-state index in [2.05, 4.69) is 15.0 Å². The van der Waals surface area contributed by atoms with Crippen LogP contribution < -0.4 is 5.32 Å². The highest BCUT2D eigenvalue weighted by Gasteiger charge is 2.12. The fourth-order valence-electron chi connectivity index (χ4n) is 2.32. The number of ether oxygens (including phenoxy) is 1. The Morgan fingerprint density at radius 3 is 2.58 bits per heavy atom. The van der Waals surface area contributed by atoms with Crippen molar-refractivity contribution in [3.63, 3.8) is 0 Å². The van der Waals surface area contributed by atoms with E-state index in [0.717, 1.165) is 4.88 Å². The normalized spacial score (nSPS) is 10.4. The van der Waals surface area contributed by atoms with Crippen molar-refractivity contribution in [2.75, 3.05) is 12.4 Å². The van der Waals surface area contributed by atoms with Crippen LogP contribution in [0.3, 0.4) is 0 Å². The van der Waals surface area contributed by atoms with Crippen LogP contribution in [0, 0.1) is 5.82 Å². The number of nitrogens with zero attached hydrogens (tertiary/aromatic N) is 1. The molecule has 1 aromatic heterocycles. The number of rotatable bonds is 5. The second-order valence-corrected chi connectivity index (χ2v) is 6.52. The monoisotopic (exact) mass is 370 g/mol. The molecular formula is C19H15FN2O3S. The van der Waals surface area contributed by atoms with E-state index in [-0.39, 0.29) is 18.1 Å². The summed E-state index contributed by atoms with van der Waals surface area (Å²) < 4.78 is 18.4. The van der Waals surface area contributed by atoms with Gasteiger partial charge in [-0.2, -0.15) is 0 Å². The minimum Gasteiger partial charge on any atom is -0.465 e. The first-order chi connectivity index (χ1) is 12.6. The Morgan fingerprint density at radius 2 is 1.88 bits per heavy atom. The molecule has 3 rings (SSSR count). The molecule has 0 saturated heterocycles. The third-order valence-corrected chi connectivity index (χ3v) is 4.61. The van der Waals surface area contributed by atoms with Gasteiger partial charge in [-0.05, 0) is 36.4 Å². The number of aromatic nitrogens is 1.